The number of piperazine rings is 1. The van der Waals surface area contributed by atoms with Crippen molar-refractivity contribution in [1.29, 1.82) is 0 Å². The van der Waals surface area contributed by atoms with Crippen LogP contribution >= 0.6 is 0 Å². The van der Waals surface area contributed by atoms with Gasteiger partial charge in [0.25, 0.3) is 0 Å². The quantitative estimate of drug-likeness (QED) is 0.653. The van der Waals surface area contributed by atoms with Crippen LogP contribution in [0.3, 0.4) is 0 Å². The molecule has 7 nitrogen and oxygen atoms in total. The number of nitrogens with zero attached hydrogens (tertiary/aromatic N) is 3. The minimum absolute atomic E-state index is 0.115. The van der Waals surface area contributed by atoms with Gasteiger partial charge in [0.2, 0.25) is 15.9 Å². The lowest BCUT2D eigenvalue weighted by atomic mass is 10.3. The summed E-state index contributed by atoms with van der Waals surface area (Å²) in [5.41, 5.74) is 0. The normalized spacial score (nSPS) is 22.9. The molecule has 0 radical (unpaired) electrons. The van der Waals surface area contributed by atoms with Gasteiger partial charge >= 0.3 is 0 Å². The fraction of sp³-hybridized carbons (Fsp3) is 0.917. The van der Waals surface area contributed by atoms with Crippen LogP contribution in [0, 0.1) is 0 Å². The second-order valence-corrected chi connectivity index (χ2v) is 7.23. The van der Waals surface area contributed by atoms with Gasteiger partial charge in [0.15, 0.2) is 0 Å². The number of morpholine rings is 1. The highest BCUT2D eigenvalue weighted by atomic mass is 32.2. The van der Waals surface area contributed by atoms with Gasteiger partial charge in [-0.3, -0.25) is 9.69 Å². The predicted molar refractivity (Wildman–Crippen MR) is 74.9 cm³/mol. The van der Waals surface area contributed by atoms with E-state index >= 15 is 0 Å². The van der Waals surface area contributed by atoms with Gasteiger partial charge in [-0.15, -0.1) is 0 Å². The van der Waals surface area contributed by atoms with Crippen LogP contribution in [0.5, 0.6) is 0 Å². The minimum atomic E-state index is -3.13. The molecule has 2 saturated heterocycles. The number of carbonyl (C=O) groups is 1. The van der Waals surface area contributed by atoms with Gasteiger partial charge in [-0.2, -0.15) is 4.31 Å². The molecule has 0 aliphatic carbocycles. The first-order valence-electron chi connectivity index (χ1n) is 7.00. The molecule has 2 fully saturated rings. The summed E-state index contributed by atoms with van der Waals surface area (Å²) < 4.78 is 29.5. The van der Waals surface area contributed by atoms with E-state index in [0.717, 1.165) is 32.8 Å². The third-order valence-electron chi connectivity index (χ3n) is 3.81. The van der Waals surface area contributed by atoms with Gasteiger partial charge in [-0.1, -0.05) is 0 Å². The summed E-state index contributed by atoms with van der Waals surface area (Å²) in [5, 5.41) is 0. The molecule has 0 atom stereocenters. The van der Waals surface area contributed by atoms with E-state index in [1.807, 2.05) is 0 Å². The first kappa shape index (κ1) is 15.7. The van der Waals surface area contributed by atoms with Gasteiger partial charge in [0, 0.05) is 52.2 Å². The van der Waals surface area contributed by atoms with Crippen molar-refractivity contribution >= 4 is 15.9 Å². The standard InChI is InChI=1S/C12H23N3O4S/c1-20(17,18)15-6-4-14(5-7-15)12(16)2-3-13-8-10-19-11-9-13/h2-11H2,1H3. The van der Waals surface area contributed by atoms with E-state index in [2.05, 4.69) is 4.90 Å². The molecule has 0 aromatic rings. The molecule has 2 rings (SSSR count). The Bertz CT molecular complexity index is 426. The average molecular weight is 305 g/mol. The Balaban J connectivity index is 1.71. The van der Waals surface area contributed by atoms with E-state index in [4.69, 9.17) is 4.74 Å². The van der Waals surface area contributed by atoms with Crippen molar-refractivity contribution in [3.05, 3.63) is 0 Å². The molecule has 116 valence electrons. The minimum Gasteiger partial charge on any atom is -0.379 e. The fourth-order valence-electron chi connectivity index (χ4n) is 2.51. The van der Waals surface area contributed by atoms with Crippen molar-refractivity contribution in [2.24, 2.45) is 0 Å². The summed E-state index contributed by atoms with van der Waals surface area (Å²) >= 11 is 0. The maximum atomic E-state index is 12.1. The van der Waals surface area contributed by atoms with Gasteiger partial charge in [0.1, 0.15) is 0 Å². The molecule has 2 aliphatic rings. The van der Waals surface area contributed by atoms with Crippen molar-refractivity contribution < 1.29 is 17.9 Å². The van der Waals surface area contributed by atoms with E-state index in [-0.39, 0.29) is 5.91 Å². The Labute approximate surface area is 120 Å². The van der Waals surface area contributed by atoms with Crippen LogP contribution in [0.15, 0.2) is 0 Å². The van der Waals surface area contributed by atoms with Crippen molar-refractivity contribution in [3.8, 4) is 0 Å². The van der Waals surface area contributed by atoms with E-state index < -0.39 is 10.0 Å². The zero-order chi connectivity index (χ0) is 14.6. The Morgan fingerprint density at radius 3 is 2.20 bits per heavy atom. The summed E-state index contributed by atoms with van der Waals surface area (Å²) in [6, 6.07) is 0. The zero-order valence-electron chi connectivity index (χ0n) is 12.0. The van der Waals surface area contributed by atoms with Gasteiger partial charge in [-0.25, -0.2) is 8.42 Å². The number of amides is 1. The Kier molecular flexibility index (Phi) is 5.36. The highest BCUT2D eigenvalue weighted by Crippen LogP contribution is 2.08. The van der Waals surface area contributed by atoms with Crippen molar-refractivity contribution in [2.75, 3.05) is 65.3 Å². The van der Waals surface area contributed by atoms with Crippen LogP contribution in [-0.4, -0.2) is 93.7 Å². The van der Waals surface area contributed by atoms with E-state index in [1.165, 1.54) is 10.6 Å². The summed E-state index contributed by atoms with van der Waals surface area (Å²) in [5.74, 6) is 0.115. The zero-order valence-corrected chi connectivity index (χ0v) is 12.8. The first-order chi connectivity index (χ1) is 9.47. The highest BCUT2D eigenvalue weighted by molar-refractivity contribution is 7.88. The van der Waals surface area contributed by atoms with Crippen LogP contribution in [0.25, 0.3) is 0 Å². The lowest BCUT2D eigenvalue weighted by Gasteiger charge is -2.34. The molecule has 2 aliphatic heterocycles. The predicted octanol–water partition coefficient (Wildman–Crippen LogP) is -1.19. The number of rotatable bonds is 4. The van der Waals surface area contributed by atoms with E-state index in [0.29, 0.717) is 32.6 Å². The van der Waals surface area contributed by atoms with Gasteiger partial charge < -0.3 is 9.64 Å². The lowest BCUT2D eigenvalue weighted by Crippen LogP contribution is -2.50. The van der Waals surface area contributed by atoms with E-state index in [1.54, 1.807) is 4.90 Å². The largest absolute Gasteiger partial charge is 0.379 e. The monoisotopic (exact) mass is 305 g/mol. The van der Waals surface area contributed by atoms with E-state index in [9.17, 15) is 13.2 Å². The first-order valence-corrected chi connectivity index (χ1v) is 8.84. The summed E-state index contributed by atoms with van der Waals surface area (Å²) in [6.07, 6.45) is 1.71. The summed E-state index contributed by atoms with van der Waals surface area (Å²) in [7, 11) is -3.13. The van der Waals surface area contributed by atoms with Crippen LogP contribution < -0.4 is 0 Å². The number of carbonyl (C=O) groups excluding carboxylic acids is 1. The molecule has 2 heterocycles. The van der Waals surface area contributed by atoms with Crippen molar-refractivity contribution in [3.63, 3.8) is 0 Å². The summed E-state index contributed by atoms with van der Waals surface area (Å²) in [4.78, 5) is 16.1. The van der Waals surface area contributed by atoms with Gasteiger partial charge in [-0.05, 0) is 0 Å². The maximum Gasteiger partial charge on any atom is 0.223 e. The number of sulfonamides is 1. The second kappa shape index (κ2) is 6.84. The topological polar surface area (TPSA) is 70.2 Å². The van der Waals surface area contributed by atoms with Gasteiger partial charge in [0.05, 0.1) is 19.5 Å². The van der Waals surface area contributed by atoms with Crippen LogP contribution in [-0.2, 0) is 19.6 Å². The third-order valence-corrected chi connectivity index (χ3v) is 5.11. The molecule has 0 aromatic heterocycles. The molecule has 0 saturated carbocycles. The van der Waals surface area contributed by atoms with Crippen LogP contribution in [0.2, 0.25) is 0 Å². The molecule has 0 N–H and O–H groups in total. The lowest BCUT2D eigenvalue weighted by molar-refractivity contribution is -0.133. The molecule has 0 bridgehead atoms. The summed E-state index contributed by atoms with van der Waals surface area (Å²) in [6.45, 7) is 5.80. The molecule has 0 unspecified atom stereocenters. The molecule has 20 heavy (non-hydrogen) atoms. The Morgan fingerprint density at radius 2 is 1.65 bits per heavy atom. The Hall–Kier alpha value is -0.700. The fourth-order valence-corrected chi connectivity index (χ4v) is 3.33. The van der Waals surface area contributed by atoms with Crippen molar-refractivity contribution in [2.45, 2.75) is 6.42 Å². The maximum absolute atomic E-state index is 12.1. The Morgan fingerprint density at radius 1 is 1.05 bits per heavy atom. The molecular formula is C12H23N3O4S. The highest BCUT2D eigenvalue weighted by Gasteiger charge is 2.26. The SMILES string of the molecule is CS(=O)(=O)N1CCN(C(=O)CCN2CCOCC2)CC1. The third kappa shape index (κ3) is 4.41. The van der Waals surface area contributed by atoms with Crippen LogP contribution in [0.4, 0.5) is 0 Å². The number of hydrogen-bond donors (Lipinski definition) is 0. The number of ether oxygens (including phenoxy) is 1. The molecule has 0 aromatic carbocycles. The smallest absolute Gasteiger partial charge is 0.223 e. The molecule has 0 spiro atoms. The number of hydrogen-bond acceptors (Lipinski definition) is 5. The van der Waals surface area contributed by atoms with Crippen molar-refractivity contribution in [1.82, 2.24) is 14.1 Å². The van der Waals surface area contributed by atoms with Crippen LogP contribution in [0.1, 0.15) is 6.42 Å². The average Bonchev–Trinajstić information content (AvgIpc) is 2.45. The molecular weight excluding hydrogens is 282 g/mol. The molecule has 1 amide bonds. The second-order valence-electron chi connectivity index (χ2n) is 5.25. The molecule has 8 heteroatoms.